The van der Waals surface area contributed by atoms with Crippen LogP contribution in [0.3, 0.4) is 0 Å². The van der Waals surface area contributed by atoms with Crippen LogP contribution in [0.25, 0.3) is 11.1 Å². The van der Waals surface area contributed by atoms with E-state index in [1.807, 2.05) is 43.3 Å². The molecule has 1 unspecified atom stereocenters. The van der Waals surface area contributed by atoms with E-state index < -0.39 is 0 Å². The molecule has 0 saturated carbocycles. The Labute approximate surface area is 333 Å². The van der Waals surface area contributed by atoms with Crippen LogP contribution in [0.1, 0.15) is 109 Å². The van der Waals surface area contributed by atoms with Crippen molar-refractivity contribution in [1.29, 1.82) is 0 Å². The Morgan fingerprint density at radius 2 is 1.29 bits per heavy atom. The summed E-state index contributed by atoms with van der Waals surface area (Å²) in [6, 6.07) is 11.4. The van der Waals surface area contributed by atoms with Gasteiger partial charge >= 0.3 is 5.97 Å². The van der Waals surface area contributed by atoms with Gasteiger partial charge in [0.25, 0.3) is 0 Å². The molecule has 3 rings (SSSR count). The Bertz CT molecular complexity index is 1460. The van der Waals surface area contributed by atoms with Crippen molar-refractivity contribution in [3.63, 3.8) is 0 Å². The van der Waals surface area contributed by atoms with Gasteiger partial charge in [-0.1, -0.05) is 32.9 Å². The molecule has 0 bridgehead atoms. The Hall–Kier alpha value is -4.37. The van der Waals surface area contributed by atoms with Gasteiger partial charge in [-0.15, -0.1) is 0 Å². The van der Waals surface area contributed by atoms with Crippen LogP contribution in [-0.2, 0) is 42.9 Å². The van der Waals surface area contributed by atoms with Crippen molar-refractivity contribution in [2.24, 2.45) is 0 Å². The molecule has 0 spiro atoms. The maximum atomic E-state index is 12.3. The van der Waals surface area contributed by atoms with Crippen molar-refractivity contribution in [2.75, 3.05) is 77.6 Å². The third-order valence-corrected chi connectivity index (χ3v) is 8.30. The molecule has 56 heavy (non-hydrogen) atoms. The van der Waals surface area contributed by atoms with Crippen LogP contribution in [-0.4, -0.2) is 102 Å². The zero-order valence-corrected chi connectivity index (χ0v) is 34.4. The quantitative estimate of drug-likeness (QED) is 0.0651. The van der Waals surface area contributed by atoms with Crippen molar-refractivity contribution in [2.45, 2.75) is 97.8 Å². The molecule has 0 radical (unpaired) electrons. The minimum Gasteiger partial charge on any atom is -0.465 e. The smallest absolute Gasteiger partial charge is 0.302 e. The molecule has 0 heterocycles. The van der Waals surface area contributed by atoms with E-state index in [0.717, 1.165) is 74.2 Å². The molecular weight excluding hydrogens is 720 g/mol. The predicted octanol–water partition coefficient (Wildman–Crippen LogP) is 5.71. The molecule has 0 aromatic heterocycles. The lowest BCUT2D eigenvalue weighted by atomic mass is 9.97. The fourth-order valence-corrected chi connectivity index (χ4v) is 5.45. The van der Waals surface area contributed by atoms with Gasteiger partial charge in [0, 0.05) is 104 Å². The average Bonchev–Trinajstić information content (AvgIpc) is 3.48. The van der Waals surface area contributed by atoms with Crippen molar-refractivity contribution in [3.05, 3.63) is 47.5 Å². The maximum absolute atomic E-state index is 12.3. The number of carbonyl (C=O) groups is 5. The summed E-state index contributed by atoms with van der Waals surface area (Å²) in [7, 11) is 3.28. The highest BCUT2D eigenvalue weighted by Crippen LogP contribution is 2.46. The molecule has 0 aliphatic heterocycles. The highest BCUT2D eigenvalue weighted by atomic mass is 16.5. The number of hydrogen-bond acceptors (Lipinski definition) is 10. The van der Waals surface area contributed by atoms with Crippen LogP contribution in [0.15, 0.2) is 36.4 Å². The van der Waals surface area contributed by atoms with Gasteiger partial charge in [0.2, 0.25) is 23.6 Å². The summed E-state index contributed by atoms with van der Waals surface area (Å²) in [5, 5.41) is 19.5. The number of nitrogens with one attached hydrogen (secondary N) is 4. The van der Waals surface area contributed by atoms with E-state index in [4.69, 9.17) is 24.1 Å². The lowest BCUT2D eigenvalue weighted by Gasteiger charge is -2.15. The number of methoxy groups -OCH3 is 1. The normalized spacial score (nSPS) is 12.1. The van der Waals surface area contributed by atoms with E-state index in [0.29, 0.717) is 56.8 Å². The molecular formula is C42H66N4O10. The summed E-state index contributed by atoms with van der Waals surface area (Å²) < 4.78 is 20.6. The first-order chi connectivity index (χ1) is 27.0. The molecule has 314 valence electrons. The van der Waals surface area contributed by atoms with Crippen LogP contribution >= 0.6 is 0 Å². The molecule has 1 aliphatic rings. The van der Waals surface area contributed by atoms with Gasteiger partial charge in [-0.2, -0.15) is 0 Å². The standard InChI is InChI=1S/C25H29N3O5.C10H21NO3.C7H16O2/c1-4-23(30)27-16-8-10-18-19-11-9-17(28-25(32)7-5-6-24(31)26-3)13-21(19)22(20(18)12-16)14-33-15(2)29;1-2-5-10(13)11-6-9-14-8-4-3-7-12;1-3-5-9-7-4-6-8-2/h8-13,22H,4-7,14H2,1-3H3,(H,26,31)(H,27,30)(H,28,32);12H,2-9H2,1H3,(H,11,13);3-7H2,1-2H3. The number of hydrogen-bond donors (Lipinski definition) is 5. The molecule has 2 aromatic rings. The monoisotopic (exact) mass is 786 g/mol. The number of anilines is 2. The van der Waals surface area contributed by atoms with Crippen molar-refractivity contribution in [3.8, 4) is 11.1 Å². The van der Waals surface area contributed by atoms with E-state index in [2.05, 4.69) is 28.2 Å². The summed E-state index contributed by atoms with van der Waals surface area (Å²) in [5.74, 6) is -0.852. The van der Waals surface area contributed by atoms with Crippen molar-refractivity contribution >= 4 is 41.0 Å². The van der Waals surface area contributed by atoms with Gasteiger partial charge in [-0.05, 0) is 85.0 Å². The molecule has 0 fully saturated rings. The van der Waals surface area contributed by atoms with E-state index in [9.17, 15) is 24.0 Å². The largest absolute Gasteiger partial charge is 0.465 e. The number of aliphatic hydroxyl groups excluding tert-OH is 1. The summed E-state index contributed by atoms with van der Waals surface area (Å²) in [6.07, 6.45) is 6.61. The van der Waals surface area contributed by atoms with E-state index in [1.165, 1.54) is 6.92 Å². The molecule has 4 amide bonds. The third kappa shape index (κ3) is 21.1. The van der Waals surface area contributed by atoms with Gasteiger partial charge in [-0.3, -0.25) is 24.0 Å². The van der Waals surface area contributed by atoms with E-state index >= 15 is 0 Å². The zero-order chi connectivity index (χ0) is 41.6. The minimum absolute atomic E-state index is 0.0802. The molecule has 2 aromatic carbocycles. The highest BCUT2D eigenvalue weighted by Gasteiger charge is 2.30. The number of benzene rings is 2. The summed E-state index contributed by atoms with van der Waals surface area (Å²) in [4.78, 5) is 58.0. The SMILES string of the molecule is CCC(=O)Nc1ccc2c(c1)C(COC(C)=O)c1cc(NC(=O)CCCC(=O)NC)ccc1-2.CCCC(=O)NCCOCCCCO.CCCOCCCOC. The van der Waals surface area contributed by atoms with Gasteiger partial charge in [0.05, 0.1) is 6.61 Å². The number of ether oxygens (including phenoxy) is 4. The van der Waals surface area contributed by atoms with Crippen LogP contribution in [0.4, 0.5) is 11.4 Å². The number of unbranched alkanes of at least 4 members (excludes halogenated alkanes) is 1. The molecule has 1 aliphatic carbocycles. The second-order valence-corrected chi connectivity index (χ2v) is 13.0. The lowest BCUT2D eigenvalue weighted by molar-refractivity contribution is -0.141. The van der Waals surface area contributed by atoms with Gasteiger partial charge in [0.1, 0.15) is 6.61 Å². The van der Waals surface area contributed by atoms with E-state index in [1.54, 1.807) is 21.1 Å². The summed E-state index contributed by atoms with van der Waals surface area (Å²) >= 11 is 0. The molecule has 0 saturated heterocycles. The fourth-order valence-electron chi connectivity index (χ4n) is 5.45. The molecule has 5 N–H and O–H groups in total. The number of amides is 4. The van der Waals surface area contributed by atoms with Crippen LogP contribution in [0.5, 0.6) is 0 Å². The maximum Gasteiger partial charge on any atom is 0.302 e. The number of fused-ring (bicyclic) bond motifs is 3. The average molecular weight is 787 g/mol. The molecule has 14 heteroatoms. The van der Waals surface area contributed by atoms with Gasteiger partial charge in [0.15, 0.2) is 0 Å². The van der Waals surface area contributed by atoms with Crippen molar-refractivity contribution < 1.29 is 48.0 Å². The fraction of sp³-hybridized carbons (Fsp3) is 0.595. The summed E-state index contributed by atoms with van der Waals surface area (Å²) in [6.45, 7) is 11.9. The second kappa shape index (κ2) is 30.8. The first kappa shape index (κ1) is 49.6. The Morgan fingerprint density at radius 3 is 1.84 bits per heavy atom. The molecule has 14 nitrogen and oxygen atoms in total. The topological polar surface area (TPSA) is 191 Å². The number of rotatable bonds is 24. The highest BCUT2D eigenvalue weighted by molar-refractivity contribution is 5.94. The summed E-state index contributed by atoms with van der Waals surface area (Å²) in [5.41, 5.74) is 5.21. The Morgan fingerprint density at radius 1 is 0.679 bits per heavy atom. The van der Waals surface area contributed by atoms with E-state index in [-0.39, 0.29) is 55.2 Å². The molecule has 1 atom stereocenters. The zero-order valence-electron chi connectivity index (χ0n) is 34.4. The Kier molecular flexibility index (Phi) is 27.3. The number of carbonyl (C=O) groups excluding carboxylic acids is 5. The third-order valence-electron chi connectivity index (χ3n) is 8.30. The van der Waals surface area contributed by atoms with Crippen LogP contribution in [0.2, 0.25) is 0 Å². The predicted molar refractivity (Wildman–Crippen MR) is 218 cm³/mol. The van der Waals surface area contributed by atoms with Crippen LogP contribution < -0.4 is 21.3 Å². The number of esters is 1. The first-order valence-electron chi connectivity index (χ1n) is 19.8. The van der Waals surface area contributed by atoms with Crippen molar-refractivity contribution in [1.82, 2.24) is 10.6 Å². The van der Waals surface area contributed by atoms with Crippen LogP contribution in [0, 0.1) is 0 Å². The lowest BCUT2D eigenvalue weighted by Crippen LogP contribution is -2.26. The first-order valence-corrected chi connectivity index (χ1v) is 19.8. The Balaban J connectivity index is 0.000000560. The van der Waals surface area contributed by atoms with Gasteiger partial charge in [-0.25, -0.2) is 0 Å². The minimum atomic E-state index is -0.374. The van der Waals surface area contributed by atoms with Gasteiger partial charge < -0.3 is 45.3 Å². The second-order valence-electron chi connectivity index (χ2n) is 13.0. The number of aliphatic hydroxyl groups is 1.